The lowest BCUT2D eigenvalue weighted by Gasteiger charge is -2.19. The zero-order chi connectivity index (χ0) is 21.8. The van der Waals surface area contributed by atoms with Crippen molar-refractivity contribution in [2.45, 2.75) is 45.1 Å². The molecular weight excluding hydrogens is 400 g/mol. The highest BCUT2D eigenvalue weighted by Crippen LogP contribution is 2.37. The molecule has 0 saturated heterocycles. The molecule has 0 spiro atoms. The first-order valence-electron chi connectivity index (χ1n) is 7.75. The van der Waals surface area contributed by atoms with Gasteiger partial charge in [0.2, 0.25) is 5.82 Å². The fraction of sp³-hybridized carbons (Fsp3) is 0.643. The Kier molecular flexibility index (Phi) is 7.15. The van der Waals surface area contributed by atoms with Crippen LogP contribution in [0.5, 0.6) is 0 Å². The van der Waals surface area contributed by atoms with E-state index in [1.165, 1.54) is 0 Å². The molecule has 2 amide bonds. The quantitative estimate of drug-likeness (QED) is 0.564. The van der Waals surface area contributed by atoms with Crippen LogP contribution in [-0.4, -0.2) is 45.9 Å². The van der Waals surface area contributed by atoms with E-state index in [4.69, 9.17) is 4.74 Å². The number of hydrogen-bond donors (Lipinski definition) is 2. The van der Waals surface area contributed by atoms with Crippen molar-refractivity contribution in [2.75, 3.05) is 13.1 Å². The number of rotatable bonds is 5. The molecule has 0 aliphatic heterocycles. The molecule has 0 aliphatic rings. The smallest absolute Gasteiger partial charge is 0.437 e. The fourth-order valence-corrected chi connectivity index (χ4v) is 1.68. The molecule has 1 aromatic rings. The molecule has 0 bridgehead atoms. The largest absolute Gasteiger partial charge is 0.444 e. The van der Waals surface area contributed by atoms with Crippen LogP contribution >= 0.6 is 0 Å². The predicted octanol–water partition coefficient (Wildman–Crippen LogP) is 2.55. The molecule has 0 atom stereocenters. The number of hydrogen-bond acceptors (Lipinski definition) is 6. The average Bonchev–Trinajstić information content (AvgIpc) is 2.50. The predicted molar refractivity (Wildman–Crippen MR) is 81.0 cm³/mol. The molecule has 0 fully saturated rings. The van der Waals surface area contributed by atoms with Gasteiger partial charge in [0.1, 0.15) is 5.60 Å². The minimum Gasteiger partial charge on any atom is -0.444 e. The van der Waals surface area contributed by atoms with Crippen molar-refractivity contribution in [3.8, 4) is 0 Å². The summed E-state index contributed by atoms with van der Waals surface area (Å²) in [6.45, 7) is 4.90. The number of alkyl carbamates (subject to hydrolysis) is 1. The number of alkyl halides is 6. The van der Waals surface area contributed by atoms with E-state index in [9.17, 15) is 35.9 Å². The van der Waals surface area contributed by atoms with Crippen molar-refractivity contribution in [3.63, 3.8) is 0 Å². The average molecular weight is 417 g/mol. The Balaban J connectivity index is 2.65. The van der Waals surface area contributed by atoms with Crippen LogP contribution in [0.2, 0.25) is 0 Å². The minimum absolute atomic E-state index is 0.0646. The third-order valence-corrected chi connectivity index (χ3v) is 2.73. The summed E-state index contributed by atoms with van der Waals surface area (Å²) in [5, 5.41) is 9.74. The third kappa shape index (κ3) is 7.52. The van der Waals surface area contributed by atoms with Gasteiger partial charge in [-0.25, -0.2) is 9.78 Å². The molecule has 0 radical (unpaired) electrons. The summed E-state index contributed by atoms with van der Waals surface area (Å²) in [4.78, 5) is 25.8. The number of nitrogens with one attached hydrogen (secondary N) is 2. The maximum Gasteiger partial charge on any atom is 0.437 e. The highest BCUT2D eigenvalue weighted by atomic mass is 19.4. The number of nitrogens with zero attached hydrogens (tertiary/aromatic N) is 3. The molecule has 0 unspecified atom stereocenters. The Morgan fingerprint density at radius 1 is 0.893 bits per heavy atom. The van der Waals surface area contributed by atoms with Crippen LogP contribution in [0.1, 0.15) is 49.2 Å². The van der Waals surface area contributed by atoms with Crippen LogP contribution < -0.4 is 10.6 Å². The van der Waals surface area contributed by atoms with Crippen molar-refractivity contribution in [1.29, 1.82) is 0 Å². The molecule has 158 valence electrons. The highest BCUT2D eigenvalue weighted by molar-refractivity contribution is 5.90. The summed E-state index contributed by atoms with van der Waals surface area (Å²) in [5.41, 5.74) is -5.40. The van der Waals surface area contributed by atoms with Crippen molar-refractivity contribution >= 4 is 12.0 Å². The van der Waals surface area contributed by atoms with Crippen LogP contribution in [-0.2, 0) is 17.1 Å². The minimum atomic E-state index is -5.48. The molecule has 2 N–H and O–H groups in total. The van der Waals surface area contributed by atoms with Crippen LogP contribution in [0.4, 0.5) is 31.1 Å². The molecule has 28 heavy (non-hydrogen) atoms. The Labute approximate surface area is 155 Å². The van der Waals surface area contributed by atoms with E-state index in [0.29, 0.717) is 0 Å². The van der Waals surface area contributed by atoms with Gasteiger partial charge in [0, 0.05) is 13.1 Å². The standard InChI is InChI=1S/C14H17F6N5O3/c1-12(2,3)28-11(27)22-6-4-5-21-10(26)9-23-7(13(15,16)17)8(24-25-9)14(18,19)20/h4-6H2,1-3H3,(H,21,26)(H,22,27). The van der Waals surface area contributed by atoms with Crippen molar-refractivity contribution in [3.05, 3.63) is 17.2 Å². The zero-order valence-corrected chi connectivity index (χ0v) is 15.0. The van der Waals surface area contributed by atoms with Gasteiger partial charge in [-0.05, 0) is 27.2 Å². The summed E-state index contributed by atoms with van der Waals surface area (Å²) in [6.07, 6.45) is -11.5. The van der Waals surface area contributed by atoms with E-state index in [0.717, 1.165) is 0 Å². The second-order valence-electron chi connectivity index (χ2n) is 6.37. The second-order valence-corrected chi connectivity index (χ2v) is 6.37. The summed E-state index contributed by atoms with van der Waals surface area (Å²) in [7, 11) is 0. The normalized spacial score (nSPS) is 12.5. The number of ether oxygens (including phenoxy) is 1. The summed E-state index contributed by atoms with van der Waals surface area (Å²) < 4.78 is 81.0. The molecule has 0 saturated carbocycles. The van der Waals surface area contributed by atoms with E-state index in [1.807, 2.05) is 0 Å². The highest BCUT2D eigenvalue weighted by Gasteiger charge is 2.47. The van der Waals surface area contributed by atoms with Crippen LogP contribution in [0.3, 0.4) is 0 Å². The topological polar surface area (TPSA) is 106 Å². The van der Waals surface area contributed by atoms with Gasteiger partial charge in [0.15, 0.2) is 11.4 Å². The summed E-state index contributed by atoms with van der Waals surface area (Å²) >= 11 is 0. The zero-order valence-electron chi connectivity index (χ0n) is 15.0. The Hall–Kier alpha value is -2.67. The molecule has 1 heterocycles. The number of carbonyl (C=O) groups is 2. The van der Waals surface area contributed by atoms with E-state index in [-0.39, 0.29) is 19.5 Å². The SMILES string of the molecule is CC(C)(C)OC(=O)NCCCNC(=O)c1nnc(C(F)(F)F)c(C(F)(F)F)n1. The third-order valence-electron chi connectivity index (χ3n) is 2.73. The molecule has 1 rings (SSSR count). The van der Waals surface area contributed by atoms with E-state index in [1.54, 1.807) is 20.8 Å². The van der Waals surface area contributed by atoms with Crippen molar-refractivity contribution in [1.82, 2.24) is 25.8 Å². The maximum absolute atomic E-state index is 12.8. The summed E-state index contributed by atoms with van der Waals surface area (Å²) in [6, 6.07) is 0. The first-order valence-corrected chi connectivity index (χ1v) is 7.75. The first-order chi connectivity index (χ1) is 12.6. The second kappa shape index (κ2) is 8.56. The van der Waals surface area contributed by atoms with Gasteiger partial charge in [-0.3, -0.25) is 4.79 Å². The lowest BCUT2D eigenvalue weighted by atomic mass is 10.2. The molecule has 0 aromatic carbocycles. The van der Waals surface area contributed by atoms with Gasteiger partial charge in [0.05, 0.1) is 0 Å². The van der Waals surface area contributed by atoms with Crippen LogP contribution in [0.25, 0.3) is 0 Å². The van der Waals surface area contributed by atoms with Gasteiger partial charge in [-0.15, -0.1) is 10.2 Å². The van der Waals surface area contributed by atoms with Crippen molar-refractivity contribution in [2.24, 2.45) is 0 Å². The number of halogens is 6. The first kappa shape index (κ1) is 23.4. The Bertz CT molecular complexity index is 715. The number of amides is 2. The summed E-state index contributed by atoms with van der Waals surface area (Å²) in [5.74, 6) is -2.41. The van der Waals surface area contributed by atoms with E-state index in [2.05, 4.69) is 25.8 Å². The lowest BCUT2D eigenvalue weighted by molar-refractivity contribution is -0.168. The van der Waals surface area contributed by atoms with Gasteiger partial charge < -0.3 is 15.4 Å². The van der Waals surface area contributed by atoms with Crippen LogP contribution in [0, 0.1) is 0 Å². The van der Waals surface area contributed by atoms with Gasteiger partial charge in [-0.1, -0.05) is 0 Å². The van der Waals surface area contributed by atoms with Crippen LogP contribution in [0.15, 0.2) is 0 Å². The van der Waals surface area contributed by atoms with Gasteiger partial charge >= 0.3 is 18.4 Å². The van der Waals surface area contributed by atoms with Crippen molar-refractivity contribution < 1.29 is 40.7 Å². The lowest BCUT2D eigenvalue weighted by Crippen LogP contribution is -2.35. The Morgan fingerprint density at radius 3 is 1.93 bits per heavy atom. The molecule has 1 aromatic heterocycles. The van der Waals surface area contributed by atoms with Gasteiger partial charge in [-0.2, -0.15) is 26.3 Å². The molecule has 14 heteroatoms. The Morgan fingerprint density at radius 2 is 1.43 bits per heavy atom. The molecule has 0 aliphatic carbocycles. The monoisotopic (exact) mass is 417 g/mol. The van der Waals surface area contributed by atoms with E-state index < -0.39 is 47.2 Å². The maximum atomic E-state index is 12.8. The van der Waals surface area contributed by atoms with E-state index >= 15 is 0 Å². The van der Waals surface area contributed by atoms with Gasteiger partial charge in [0.25, 0.3) is 5.91 Å². The fourth-order valence-electron chi connectivity index (χ4n) is 1.68. The molecular formula is C14H17F6N5O3. The number of carbonyl (C=O) groups excluding carboxylic acids is 2. The number of aromatic nitrogens is 3. The molecule has 8 nitrogen and oxygen atoms in total.